The lowest BCUT2D eigenvalue weighted by Gasteiger charge is -2.32. The molecular weight excluding hydrogens is 308 g/mol. The van der Waals surface area contributed by atoms with Gasteiger partial charge < -0.3 is 9.47 Å². The molecule has 0 radical (unpaired) electrons. The summed E-state index contributed by atoms with van der Waals surface area (Å²) in [4.78, 5) is 14.8. The first-order valence-electron chi connectivity index (χ1n) is 8.89. The molecule has 1 aliphatic heterocycles. The van der Waals surface area contributed by atoms with Crippen LogP contribution in [0.1, 0.15) is 34.7 Å². The number of amides is 1. The number of nitrogens with zero attached hydrogens (tertiary/aromatic N) is 2. The number of carbonyl (C=O) groups excluding carboxylic acids is 1. The zero-order valence-electron chi connectivity index (χ0n) is 14.2. The van der Waals surface area contributed by atoms with E-state index in [-0.39, 0.29) is 5.91 Å². The molecule has 0 bridgehead atoms. The molecule has 2 aromatic carbocycles. The third-order valence-corrected chi connectivity index (χ3v) is 5.07. The number of aromatic nitrogens is 1. The normalized spacial score (nSPS) is 15.3. The summed E-state index contributed by atoms with van der Waals surface area (Å²) in [5.41, 5.74) is 3.24. The molecule has 1 aromatic heterocycles. The fourth-order valence-electron chi connectivity index (χ4n) is 3.61. The second-order valence-electron chi connectivity index (χ2n) is 6.61. The fraction of sp³-hybridized carbons (Fsp3) is 0.227. The first-order chi connectivity index (χ1) is 12.3. The van der Waals surface area contributed by atoms with Crippen molar-refractivity contribution >= 4 is 5.91 Å². The molecule has 4 rings (SSSR count). The van der Waals surface area contributed by atoms with Crippen molar-refractivity contribution in [3.63, 3.8) is 0 Å². The van der Waals surface area contributed by atoms with Crippen LogP contribution in [-0.2, 0) is 0 Å². The molecule has 126 valence electrons. The molecule has 0 N–H and O–H groups in total. The molecule has 3 aromatic rings. The highest BCUT2D eigenvalue weighted by molar-refractivity contribution is 5.94. The highest BCUT2D eigenvalue weighted by Gasteiger charge is 2.24. The molecule has 0 spiro atoms. The van der Waals surface area contributed by atoms with E-state index in [0.717, 1.165) is 37.2 Å². The van der Waals surface area contributed by atoms with Crippen molar-refractivity contribution in [2.75, 3.05) is 13.1 Å². The van der Waals surface area contributed by atoms with E-state index in [1.54, 1.807) is 0 Å². The van der Waals surface area contributed by atoms with Gasteiger partial charge in [0.05, 0.1) is 0 Å². The van der Waals surface area contributed by atoms with Gasteiger partial charge >= 0.3 is 0 Å². The minimum atomic E-state index is 0.144. The molecule has 0 unspecified atom stereocenters. The molecular formula is C22H22N2O. The van der Waals surface area contributed by atoms with Crippen LogP contribution >= 0.6 is 0 Å². The Labute approximate surface area is 148 Å². The predicted molar refractivity (Wildman–Crippen MR) is 100 cm³/mol. The number of hydrogen-bond acceptors (Lipinski definition) is 1. The summed E-state index contributed by atoms with van der Waals surface area (Å²) in [6.45, 7) is 1.66. The lowest BCUT2D eigenvalue weighted by Crippen LogP contribution is -2.37. The molecule has 2 heterocycles. The molecule has 0 atom stereocenters. The fourth-order valence-corrected chi connectivity index (χ4v) is 3.61. The zero-order valence-corrected chi connectivity index (χ0v) is 14.2. The van der Waals surface area contributed by atoms with Crippen LogP contribution in [-0.4, -0.2) is 28.5 Å². The second-order valence-corrected chi connectivity index (χ2v) is 6.61. The topological polar surface area (TPSA) is 25.2 Å². The summed E-state index contributed by atoms with van der Waals surface area (Å²) in [6.07, 6.45) is 6.09. The van der Waals surface area contributed by atoms with E-state index in [2.05, 4.69) is 30.3 Å². The molecule has 3 heteroatoms. The summed E-state index contributed by atoms with van der Waals surface area (Å²) < 4.78 is 2.04. The first-order valence-corrected chi connectivity index (χ1v) is 8.89. The van der Waals surface area contributed by atoms with Crippen LogP contribution in [0.2, 0.25) is 0 Å². The Morgan fingerprint density at radius 2 is 1.44 bits per heavy atom. The van der Waals surface area contributed by atoms with Gasteiger partial charge in [-0.05, 0) is 60.7 Å². The van der Waals surface area contributed by atoms with Crippen molar-refractivity contribution < 1.29 is 4.79 Å². The highest BCUT2D eigenvalue weighted by atomic mass is 16.2. The van der Waals surface area contributed by atoms with E-state index < -0.39 is 0 Å². The van der Waals surface area contributed by atoms with Crippen LogP contribution in [0.3, 0.4) is 0 Å². The van der Waals surface area contributed by atoms with Gasteiger partial charge in [-0.1, -0.05) is 30.3 Å². The SMILES string of the molecule is O=C(c1ccc(-n2cccc2)cc1)N1CCC(c2ccccc2)CC1. The Hall–Kier alpha value is -2.81. The van der Waals surface area contributed by atoms with Crippen LogP contribution in [0.4, 0.5) is 0 Å². The third-order valence-electron chi connectivity index (χ3n) is 5.07. The van der Waals surface area contributed by atoms with Crippen LogP contribution in [0.15, 0.2) is 79.1 Å². The van der Waals surface area contributed by atoms with Gasteiger partial charge in [-0.15, -0.1) is 0 Å². The van der Waals surface area contributed by atoms with E-state index in [1.807, 2.05) is 58.3 Å². The minimum absolute atomic E-state index is 0.144. The number of likely N-dealkylation sites (tertiary alicyclic amines) is 1. The van der Waals surface area contributed by atoms with Crippen molar-refractivity contribution in [1.82, 2.24) is 9.47 Å². The van der Waals surface area contributed by atoms with E-state index in [1.165, 1.54) is 5.56 Å². The van der Waals surface area contributed by atoms with Crippen LogP contribution in [0.5, 0.6) is 0 Å². The number of rotatable bonds is 3. The van der Waals surface area contributed by atoms with Gasteiger partial charge in [0.25, 0.3) is 5.91 Å². The van der Waals surface area contributed by atoms with Crippen molar-refractivity contribution in [3.8, 4) is 5.69 Å². The standard InChI is InChI=1S/C22H22N2O/c25-22(20-8-10-21(11-9-20)23-14-4-5-15-23)24-16-12-19(13-17-24)18-6-2-1-3-7-18/h1-11,14-15,19H,12-13,16-17H2. The summed E-state index contributed by atoms with van der Waals surface area (Å²) in [7, 11) is 0. The summed E-state index contributed by atoms with van der Waals surface area (Å²) in [5.74, 6) is 0.715. The lowest BCUT2D eigenvalue weighted by atomic mass is 9.89. The summed E-state index contributed by atoms with van der Waals surface area (Å²) in [6, 6.07) is 22.5. The Balaban J connectivity index is 1.40. The molecule has 1 amide bonds. The zero-order chi connectivity index (χ0) is 17.1. The third kappa shape index (κ3) is 3.36. The average molecular weight is 330 g/mol. The highest BCUT2D eigenvalue weighted by Crippen LogP contribution is 2.28. The van der Waals surface area contributed by atoms with Crippen LogP contribution < -0.4 is 0 Å². The lowest BCUT2D eigenvalue weighted by molar-refractivity contribution is 0.0713. The number of piperidine rings is 1. The van der Waals surface area contributed by atoms with Gasteiger partial charge in [-0.25, -0.2) is 0 Å². The monoisotopic (exact) mass is 330 g/mol. The van der Waals surface area contributed by atoms with E-state index >= 15 is 0 Å². The Bertz CT molecular complexity index is 814. The van der Waals surface area contributed by atoms with Gasteiger partial charge in [0, 0.05) is 36.7 Å². The van der Waals surface area contributed by atoms with Crippen molar-refractivity contribution in [3.05, 3.63) is 90.3 Å². The van der Waals surface area contributed by atoms with Crippen molar-refractivity contribution in [1.29, 1.82) is 0 Å². The number of hydrogen-bond donors (Lipinski definition) is 0. The maximum atomic E-state index is 12.8. The van der Waals surface area contributed by atoms with Crippen LogP contribution in [0.25, 0.3) is 5.69 Å². The van der Waals surface area contributed by atoms with Crippen LogP contribution in [0, 0.1) is 0 Å². The average Bonchev–Trinajstić information content (AvgIpc) is 3.23. The molecule has 0 aliphatic carbocycles. The minimum Gasteiger partial charge on any atom is -0.339 e. The van der Waals surface area contributed by atoms with Crippen molar-refractivity contribution in [2.24, 2.45) is 0 Å². The molecule has 1 aliphatic rings. The molecule has 1 fully saturated rings. The predicted octanol–water partition coefficient (Wildman–Crippen LogP) is 4.50. The summed E-state index contributed by atoms with van der Waals surface area (Å²) in [5, 5.41) is 0. The maximum absolute atomic E-state index is 12.8. The quantitative estimate of drug-likeness (QED) is 0.694. The maximum Gasteiger partial charge on any atom is 0.253 e. The Morgan fingerprint density at radius 3 is 2.08 bits per heavy atom. The molecule has 0 saturated carbocycles. The molecule has 3 nitrogen and oxygen atoms in total. The second kappa shape index (κ2) is 6.98. The van der Waals surface area contributed by atoms with E-state index in [0.29, 0.717) is 5.92 Å². The first kappa shape index (κ1) is 15.7. The largest absolute Gasteiger partial charge is 0.339 e. The van der Waals surface area contributed by atoms with Gasteiger partial charge in [-0.2, -0.15) is 0 Å². The Kier molecular flexibility index (Phi) is 4.38. The van der Waals surface area contributed by atoms with Gasteiger partial charge in [0.2, 0.25) is 0 Å². The van der Waals surface area contributed by atoms with Gasteiger partial charge in [-0.3, -0.25) is 4.79 Å². The van der Waals surface area contributed by atoms with Gasteiger partial charge in [0.15, 0.2) is 0 Å². The smallest absolute Gasteiger partial charge is 0.253 e. The van der Waals surface area contributed by atoms with E-state index in [4.69, 9.17) is 0 Å². The van der Waals surface area contributed by atoms with Gasteiger partial charge in [0.1, 0.15) is 0 Å². The number of carbonyl (C=O) groups is 1. The number of benzene rings is 2. The summed E-state index contributed by atoms with van der Waals surface area (Å²) >= 11 is 0. The van der Waals surface area contributed by atoms with E-state index in [9.17, 15) is 4.79 Å². The molecule has 1 saturated heterocycles. The Morgan fingerprint density at radius 1 is 0.800 bits per heavy atom. The molecule has 25 heavy (non-hydrogen) atoms. The van der Waals surface area contributed by atoms with Crippen molar-refractivity contribution in [2.45, 2.75) is 18.8 Å².